The highest BCUT2D eigenvalue weighted by Crippen LogP contribution is 2.22. The van der Waals surface area contributed by atoms with Gasteiger partial charge in [-0.05, 0) is 55.7 Å². The summed E-state index contributed by atoms with van der Waals surface area (Å²) in [5.41, 5.74) is 5.62. The van der Waals surface area contributed by atoms with Gasteiger partial charge in [-0.15, -0.1) is 0 Å². The molecule has 0 N–H and O–H groups in total. The Morgan fingerprint density at radius 3 is 2.48 bits per heavy atom. The Balaban J connectivity index is 1.97. The lowest BCUT2D eigenvalue weighted by atomic mass is 9.97. The first-order chi connectivity index (χ1) is 11.9. The molecule has 0 saturated heterocycles. The molecular weight excluding hydrogens is 332 g/mol. The van der Waals surface area contributed by atoms with Gasteiger partial charge < -0.3 is 9.30 Å². The molecule has 1 aromatic heterocycles. The number of ether oxygens (including phenoxy) is 1. The van der Waals surface area contributed by atoms with E-state index in [1.807, 2.05) is 43.7 Å². The summed E-state index contributed by atoms with van der Waals surface area (Å²) in [6.45, 7) is 6.17. The molecular formula is C20H22N2O2S. The smallest absolute Gasteiger partial charge is 0.252 e. The Bertz CT molecular complexity index is 1000. The number of aryl methyl sites for hydroxylation is 4. The van der Waals surface area contributed by atoms with Crippen LogP contribution in [0.2, 0.25) is 0 Å². The van der Waals surface area contributed by atoms with Crippen molar-refractivity contribution in [3.05, 3.63) is 57.4 Å². The topological polar surface area (TPSA) is 43.6 Å². The van der Waals surface area contributed by atoms with Gasteiger partial charge in [0, 0.05) is 7.05 Å². The van der Waals surface area contributed by atoms with Gasteiger partial charge >= 0.3 is 0 Å². The molecule has 1 amide bonds. The third-order valence-corrected chi connectivity index (χ3v) is 5.50. The average molecular weight is 354 g/mol. The second kappa shape index (κ2) is 6.84. The zero-order valence-electron chi connectivity index (χ0n) is 15.2. The quantitative estimate of drug-likeness (QED) is 0.717. The van der Waals surface area contributed by atoms with Crippen molar-refractivity contribution in [1.29, 1.82) is 0 Å². The van der Waals surface area contributed by atoms with E-state index in [1.165, 1.54) is 16.9 Å². The number of hydrogen-bond acceptors (Lipinski definition) is 3. The third kappa shape index (κ3) is 3.51. The van der Waals surface area contributed by atoms with Gasteiger partial charge in [-0.3, -0.25) is 4.79 Å². The number of aromatic nitrogens is 1. The first kappa shape index (κ1) is 17.4. The number of fused-ring (bicyclic) bond motifs is 1. The lowest BCUT2D eigenvalue weighted by molar-refractivity contribution is -0.117. The predicted molar refractivity (Wildman–Crippen MR) is 102 cm³/mol. The van der Waals surface area contributed by atoms with Gasteiger partial charge in [0.25, 0.3) is 5.91 Å². The molecule has 0 aliphatic carbocycles. The van der Waals surface area contributed by atoms with Gasteiger partial charge in [0.2, 0.25) is 0 Å². The van der Waals surface area contributed by atoms with E-state index in [-0.39, 0.29) is 5.91 Å². The highest BCUT2D eigenvalue weighted by atomic mass is 32.1. The van der Waals surface area contributed by atoms with Gasteiger partial charge in [-0.2, -0.15) is 4.99 Å². The SMILES string of the molecule is COc1ccc2c(c1)sc(=NC(=O)Cc1c(C)cc(C)cc1C)n2C. The van der Waals surface area contributed by atoms with E-state index in [9.17, 15) is 4.79 Å². The van der Waals surface area contributed by atoms with Crippen LogP contribution >= 0.6 is 11.3 Å². The van der Waals surface area contributed by atoms with Crippen molar-refractivity contribution < 1.29 is 9.53 Å². The molecule has 5 heteroatoms. The maximum atomic E-state index is 12.5. The minimum atomic E-state index is -0.121. The summed E-state index contributed by atoms with van der Waals surface area (Å²) in [7, 11) is 3.58. The number of benzene rings is 2. The Kier molecular flexibility index (Phi) is 4.77. The molecule has 1 heterocycles. The monoisotopic (exact) mass is 354 g/mol. The number of thiazole rings is 1. The van der Waals surface area contributed by atoms with Crippen molar-refractivity contribution in [2.24, 2.45) is 12.0 Å². The largest absolute Gasteiger partial charge is 0.497 e. The molecule has 0 aliphatic rings. The van der Waals surface area contributed by atoms with Crippen LogP contribution in [0, 0.1) is 20.8 Å². The van der Waals surface area contributed by atoms with Crippen LogP contribution < -0.4 is 9.54 Å². The van der Waals surface area contributed by atoms with Crippen LogP contribution in [0.1, 0.15) is 22.3 Å². The second-order valence-corrected chi connectivity index (χ2v) is 7.35. The number of methoxy groups -OCH3 is 1. The lowest BCUT2D eigenvalue weighted by Gasteiger charge is -2.09. The Labute approximate surface area is 151 Å². The molecule has 0 fully saturated rings. The first-order valence-electron chi connectivity index (χ1n) is 8.17. The van der Waals surface area contributed by atoms with Gasteiger partial charge in [0.15, 0.2) is 4.80 Å². The molecule has 25 heavy (non-hydrogen) atoms. The van der Waals surface area contributed by atoms with Crippen molar-refractivity contribution in [3.63, 3.8) is 0 Å². The minimum Gasteiger partial charge on any atom is -0.497 e. The fourth-order valence-corrected chi connectivity index (χ4v) is 4.20. The molecule has 2 aromatic carbocycles. The number of hydrogen-bond donors (Lipinski definition) is 0. The Morgan fingerprint density at radius 1 is 1.16 bits per heavy atom. The predicted octanol–water partition coefficient (Wildman–Crippen LogP) is 3.84. The van der Waals surface area contributed by atoms with E-state index in [0.717, 1.165) is 32.7 Å². The number of amides is 1. The van der Waals surface area contributed by atoms with Crippen molar-refractivity contribution in [2.45, 2.75) is 27.2 Å². The van der Waals surface area contributed by atoms with E-state index in [4.69, 9.17) is 4.74 Å². The minimum absolute atomic E-state index is 0.121. The van der Waals surface area contributed by atoms with Crippen LogP contribution in [0.3, 0.4) is 0 Å². The summed E-state index contributed by atoms with van der Waals surface area (Å²) in [5, 5.41) is 0. The molecule has 0 radical (unpaired) electrons. The van der Waals surface area contributed by atoms with Crippen molar-refractivity contribution in [3.8, 4) is 5.75 Å². The molecule has 3 rings (SSSR count). The van der Waals surface area contributed by atoms with Crippen molar-refractivity contribution in [2.75, 3.05) is 7.11 Å². The fraction of sp³-hybridized carbons (Fsp3) is 0.300. The van der Waals surface area contributed by atoms with Crippen molar-refractivity contribution >= 4 is 27.5 Å². The zero-order chi connectivity index (χ0) is 18.1. The summed E-state index contributed by atoms with van der Waals surface area (Å²) in [5.74, 6) is 0.683. The average Bonchev–Trinajstić information content (AvgIpc) is 2.86. The Hall–Kier alpha value is -2.40. The molecule has 130 valence electrons. The van der Waals surface area contributed by atoms with Crippen LogP contribution in [-0.4, -0.2) is 17.6 Å². The van der Waals surface area contributed by atoms with Crippen LogP contribution in [0.25, 0.3) is 10.2 Å². The molecule has 0 saturated carbocycles. The van der Waals surface area contributed by atoms with Gasteiger partial charge in [-0.25, -0.2) is 0 Å². The van der Waals surface area contributed by atoms with E-state index in [0.29, 0.717) is 11.2 Å². The maximum absolute atomic E-state index is 12.5. The number of carbonyl (C=O) groups excluding carboxylic acids is 1. The maximum Gasteiger partial charge on any atom is 0.252 e. The molecule has 0 atom stereocenters. The summed E-state index contributed by atoms with van der Waals surface area (Å²) >= 11 is 1.50. The molecule has 0 bridgehead atoms. The van der Waals surface area contributed by atoms with Gasteiger partial charge in [-0.1, -0.05) is 29.0 Å². The third-order valence-electron chi connectivity index (χ3n) is 4.41. The zero-order valence-corrected chi connectivity index (χ0v) is 16.0. The Morgan fingerprint density at radius 2 is 1.84 bits per heavy atom. The molecule has 3 aromatic rings. The van der Waals surface area contributed by atoms with Crippen molar-refractivity contribution in [1.82, 2.24) is 4.57 Å². The first-order valence-corrected chi connectivity index (χ1v) is 8.98. The standard InChI is InChI=1S/C20H22N2O2S/c1-12-8-13(2)16(14(3)9-12)11-19(23)21-20-22(4)17-7-6-15(24-5)10-18(17)25-20/h6-10H,11H2,1-5H3. The lowest BCUT2D eigenvalue weighted by Crippen LogP contribution is -2.14. The molecule has 4 nitrogen and oxygen atoms in total. The highest BCUT2D eigenvalue weighted by molar-refractivity contribution is 7.16. The summed E-state index contributed by atoms with van der Waals surface area (Å²) in [6.07, 6.45) is 0.329. The second-order valence-electron chi connectivity index (χ2n) is 6.34. The van der Waals surface area contributed by atoms with E-state index >= 15 is 0 Å². The van der Waals surface area contributed by atoms with E-state index in [1.54, 1.807) is 7.11 Å². The van der Waals surface area contributed by atoms with Crippen LogP contribution in [-0.2, 0) is 18.3 Å². The summed E-state index contributed by atoms with van der Waals surface area (Å²) < 4.78 is 8.27. The van der Waals surface area contributed by atoms with E-state index < -0.39 is 0 Å². The number of nitrogens with zero attached hydrogens (tertiary/aromatic N) is 2. The number of rotatable bonds is 3. The number of carbonyl (C=O) groups is 1. The molecule has 0 spiro atoms. The fourth-order valence-electron chi connectivity index (χ4n) is 3.13. The highest BCUT2D eigenvalue weighted by Gasteiger charge is 2.10. The van der Waals surface area contributed by atoms with Crippen LogP contribution in [0.15, 0.2) is 35.3 Å². The van der Waals surface area contributed by atoms with Gasteiger partial charge in [0.05, 0.1) is 23.7 Å². The molecule has 0 unspecified atom stereocenters. The van der Waals surface area contributed by atoms with Crippen LogP contribution in [0.4, 0.5) is 0 Å². The van der Waals surface area contributed by atoms with Gasteiger partial charge in [0.1, 0.15) is 5.75 Å². The molecule has 0 aliphatic heterocycles. The normalized spacial score (nSPS) is 12.0. The van der Waals surface area contributed by atoms with Crippen LogP contribution in [0.5, 0.6) is 5.75 Å². The summed E-state index contributed by atoms with van der Waals surface area (Å²) in [6, 6.07) is 10.1. The van der Waals surface area contributed by atoms with E-state index in [2.05, 4.69) is 24.0 Å². The summed E-state index contributed by atoms with van der Waals surface area (Å²) in [4.78, 5) is 17.6.